The molecule has 0 bridgehead atoms. The Hall–Kier alpha value is -3.59. The van der Waals surface area contributed by atoms with Gasteiger partial charge in [0.25, 0.3) is 0 Å². The first-order valence-corrected chi connectivity index (χ1v) is 12.8. The summed E-state index contributed by atoms with van der Waals surface area (Å²) in [7, 11) is 10.9. The highest BCUT2D eigenvalue weighted by atomic mass is 16.5. The molecule has 1 atom stereocenters. The number of hydrogen-bond acceptors (Lipinski definition) is 9. The van der Waals surface area contributed by atoms with Crippen LogP contribution < -0.4 is 28.4 Å². The fourth-order valence-electron chi connectivity index (χ4n) is 5.72. The van der Waals surface area contributed by atoms with Gasteiger partial charge in [-0.25, -0.2) is 0 Å². The molecule has 0 spiro atoms. The van der Waals surface area contributed by atoms with E-state index in [-0.39, 0.29) is 11.9 Å². The lowest BCUT2D eigenvalue weighted by Crippen LogP contribution is -2.55. The summed E-state index contributed by atoms with van der Waals surface area (Å²) in [6.45, 7) is 8.93. The van der Waals surface area contributed by atoms with Gasteiger partial charge in [0.15, 0.2) is 23.0 Å². The van der Waals surface area contributed by atoms with Crippen LogP contribution in [0.15, 0.2) is 24.8 Å². The third-order valence-corrected chi connectivity index (χ3v) is 7.19. The van der Waals surface area contributed by atoms with Crippen LogP contribution in [0.2, 0.25) is 0 Å². The molecule has 1 heterocycles. The van der Waals surface area contributed by atoms with Gasteiger partial charge in [0, 0.05) is 24.2 Å². The lowest BCUT2D eigenvalue weighted by Gasteiger charge is -2.42. The number of hydrogen-bond donors (Lipinski definition) is 0. The van der Waals surface area contributed by atoms with Crippen molar-refractivity contribution in [2.75, 3.05) is 49.8 Å². The second-order valence-corrected chi connectivity index (χ2v) is 9.83. The smallest absolute Gasteiger partial charge is 0.326 e. The van der Waals surface area contributed by atoms with Gasteiger partial charge < -0.3 is 33.2 Å². The number of carbonyl (C=O) groups excluding carboxylic acids is 1. The van der Waals surface area contributed by atoms with Gasteiger partial charge in [-0.05, 0) is 42.0 Å². The summed E-state index contributed by atoms with van der Waals surface area (Å²) in [5.41, 5.74) is 2.24. The Bertz CT molecular complexity index is 1140. The minimum atomic E-state index is -0.982. The second kappa shape index (κ2) is 12.5. The number of esters is 1. The van der Waals surface area contributed by atoms with E-state index in [1.165, 1.54) is 7.11 Å². The molecule has 9 heteroatoms. The maximum Gasteiger partial charge on any atom is 0.326 e. The normalized spacial score (nSPS) is 14.3. The Morgan fingerprint density at radius 2 is 1.26 bits per heavy atom. The van der Waals surface area contributed by atoms with E-state index < -0.39 is 5.54 Å². The van der Waals surface area contributed by atoms with Crippen molar-refractivity contribution < 1.29 is 38.0 Å². The number of ether oxygens (including phenoxy) is 7. The molecule has 2 aromatic rings. The highest BCUT2D eigenvalue weighted by Crippen LogP contribution is 2.56. The van der Waals surface area contributed by atoms with Crippen LogP contribution in [0.25, 0.3) is 11.1 Å². The van der Waals surface area contributed by atoms with Gasteiger partial charge in [0.2, 0.25) is 11.5 Å². The summed E-state index contributed by atoms with van der Waals surface area (Å²) in [5.74, 6) is 2.75. The zero-order valence-corrected chi connectivity index (χ0v) is 24.6. The standard InChI is InChI=1S/C30H41NO8/c1-11-12-30(15-18(2)3,29(32)39-10)31-16-19-13-21(33-4)25(35-6)27(37-8)23(19)24-20(17-31)14-22(34-5)26(36-7)28(24)38-9/h11,13-14,18H,1,12,15-17H2,2-10H3/t30-/m1/s1. The molecule has 0 N–H and O–H groups in total. The molecule has 1 aliphatic heterocycles. The van der Waals surface area contributed by atoms with Gasteiger partial charge in [-0.15, -0.1) is 6.58 Å². The van der Waals surface area contributed by atoms with Crippen molar-refractivity contribution in [3.05, 3.63) is 35.9 Å². The number of rotatable bonds is 12. The average molecular weight is 544 g/mol. The Kier molecular flexibility index (Phi) is 9.61. The molecule has 1 aliphatic rings. The van der Waals surface area contributed by atoms with E-state index >= 15 is 0 Å². The van der Waals surface area contributed by atoms with Crippen molar-refractivity contribution >= 4 is 5.97 Å². The van der Waals surface area contributed by atoms with E-state index in [1.54, 1.807) is 48.7 Å². The van der Waals surface area contributed by atoms with Crippen LogP contribution >= 0.6 is 0 Å². The molecule has 214 valence electrons. The number of methoxy groups -OCH3 is 7. The molecule has 0 amide bonds. The third-order valence-electron chi connectivity index (χ3n) is 7.19. The highest BCUT2D eigenvalue weighted by molar-refractivity contribution is 5.89. The molecular formula is C30H41NO8. The molecule has 0 aliphatic carbocycles. The SMILES string of the molecule is C=CC[C@@](CC(C)C)(C(=O)OC)N1Cc2cc(OC)c(OC)c(OC)c2-c2c(cc(OC)c(OC)c2OC)C1. The van der Waals surface area contributed by atoms with E-state index in [4.69, 9.17) is 33.2 Å². The molecule has 0 fully saturated rings. The van der Waals surface area contributed by atoms with E-state index in [9.17, 15) is 4.79 Å². The summed E-state index contributed by atoms with van der Waals surface area (Å²) in [6, 6.07) is 3.83. The number of benzene rings is 2. The highest BCUT2D eigenvalue weighted by Gasteiger charge is 2.47. The Morgan fingerprint density at radius 1 is 0.821 bits per heavy atom. The fourth-order valence-corrected chi connectivity index (χ4v) is 5.72. The molecular weight excluding hydrogens is 502 g/mol. The second-order valence-electron chi connectivity index (χ2n) is 9.83. The minimum Gasteiger partial charge on any atom is -0.493 e. The van der Waals surface area contributed by atoms with Gasteiger partial charge in [-0.1, -0.05) is 19.9 Å². The van der Waals surface area contributed by atoms with E-state index in [0.717, 1.165) is 22.3 Å². The third kappa shape index (κ3) is 5.20. The molecule has 39 heavy (non-hydrogen) atoms. The maximum absolute atomic E-state index is 13.6. The average Bonchev–Trinajstić information content (AvgIpc) is 3.10. The van der Waals surface area contributed by atoms with Crippen LogP contribution in [0.1, 0.15) is 37.8 Å². The zero-order valence-electron chi connectivity index (χ0n) is 24.6. The Labute approximate surface area is 231 Å². The summed E-state index contributed by atoms with van der Waals surface area (Å²) in [6.07, 6.45) is 2.74. The summed E-state index contributed by atoms with van der Waals surface area (Å²) in [5, 5.41) is 0. The van der Waals surface area contributed by atoms with Crippen LogP contribution in [0.4, 0.5) is 0 Å². The van der Waals surface area contributed by atoms with Crippen LogP contribution in [0.3, 0.4) is 0 Å². The molecule has 3 rings (SSSR count). The first kappa shape index (κ1) is 30.0. The molecule has 0 unspecified atom stereocenters. The van der Waals surface area contributed by atoms with Crippen molar-refractivity contribution in [3.63, 3.8) is 0 Å². The lowest BCUT2D eigenvalue weighted by molar-refractivity contribution is -0.158. The molecule has 2 aromatic carbocycles. The van der Waals surface area contributed by atoms with E-state index in [1.807, 2.05) is 12.1 Å². The van der Waals surface area contributed by atoms with Crippen molar-refractivity contribution in [2.24, 2.45) is 5.92 Å². The number of nitrogens with zero attached hydrogens (tertiary/aromatic N) is 1. The molecule has 0 aromatic heterocycles. The summed E-state index contributed by atoms with van der Waals surface area (Å²) >= 11 is 0. The zero-order chi connectivity index (χ0) is 28.9. The van der Waals surface area contributed by atoms with Gasteiger partial charge >= 0.3 is 5.97 Å². The Balaban J connectivity index is 2.53. The molecule has 0 radical (unpaired) electrons. The first-order valence-electron chi connectivity index (χ1n) is 12.8. The van der Waals surface area contributed by atoms with E-state index in [2.05, 4.69) is 25.3 Å². The lowest BCUT2D eigenvalue weighted by atomic mass is 9.83. The van der Waals surface area contributed by atoms with Gasteiger partial charge in [0.05, 0.1) is 49.8 Å². The van der Waals surface area contributed by atoms with Gasteiger partial charge in [0.1, 0.15) is 5.54 Å². The molecule has 0 saturated carbocycles. The number of fused-ring (bicyclic) bond motifs is 3. The molecule has 0 saturated heterocycles. The van der Waals surface area contributed by atoms with Crippen LogP contribution in [0.5, 0.6) is 34.5 Å². The first-order chi connectivity index (χ1) is 18.7. The van der Waals surface area contributed by atoms with Crippen LogP contribution in [0, 0.1) is 5.92 Å². The quantitative estimate of drug-likeness (QED) is 0.263. The predicted octanol–water partition coefficient (Wildman–Crippen LogP) is 5.25. The van der Waals surface area contributed by atoms with Crippen LogP contribution in [-0.2, 0) is 22.6 Å². The summed E-state index contributed by atoms with van der Waals surface area (Å²) < 4.78 is 40.3. The predicted molar refractivity (Wildman–Crippen MR) is 149 cm³/mol. The largest absolute Gasteiger partial charge is 0.493 e. The van der Waals surface area contributed by atoms with Gasteiger partial charge in [-0.2, -0.15) is 0 Å². The Morgan fingerprint density at radius 3 is 1.56 bits per heavy atom. The van der Waals surface area contributed by atoms with Crippen LogP contribution in [-0.4, -0.2) is 66.2 Å². The maximum atomic E-state index is 13.6. The van der Waals surface area contributed by atoms with Crippen molar-refractivity contribution in [2.45, 2.75) is 45.3 Å². The minimum absolute atomic E-state index is 0.200. The fraction of sp³-hybridized carbons (Fsp3) is 0.500. The monoisotopic (exact) mass is 543 g/mol. The van der Waals surface area contributed by atoms with Crippen molar-refractivity contribution in [1.29, 1.82) is 0 Å². The number of carbonyl (C=O) groups is 1. The van der Waals surface area contributed by atoms with Crippen molar-refractivity contribution in [3.8, 4) is 45.6 Å². The summed E-state index contributed by atoms with van der Waals surface area (Å²) in [4.78, 5) is 15.8. The van der Waals surface area contributed by atoms with Crippen molar-refractivity contribution in [1.82, 2.24) is 4.90 Å². The van der Waals surface area contributed by atoms with E-state index in [0.29, 0.717) is 60.4 Å². The molecule has 9 nitrogen and oxygen atoms in total. The topological polar surface area (TPSA) is 84.9 Å². The van der Waals surface area contributed by atoms with Gasteiger partial charge in [-0.3, -0.25) is 9.69 Å².